The van der Waals surface area contributed by atoms with Crippen LogP contribution in [0.15, 0.2) is 11.8 Å². The topological polar surface area (TPSA) is 35.5 Å². The number of hydrogen-bond acceptors (Lipinski definition) is 3. The summed E-state index contributed by atoms with van der Waals surface area (Å²) in [6.07, 6.45) is 19.4. The highest BCUT2D eigenvalue weighted by Gasteiger charge is 2.29. The van der Waals surface area contributed by atoms with E-state index in [1.807, 2.05) is 0 Å². The summed E-state index contributed by atoms with van der Waals surface area (Å²) in [5.41, 5.74) is 0. The Labute approximate surface area is 160 Å². The van der Waals surface area contributed by atoms with Gasteiger partial charge in [-0.3, -0.25) is 0 Å². The molecule has 26 heavy (non-hydrogen) atoms. The first kappa shape index (κ1) is 21.3. The third kappa shape index (κ3) is 7.72. The molecule has 1 unspecified atom stereocenters. The van der Waals surface area contributed by atoms with Crippen LogP contribution in [0, 0.1) is 17.8 Å². The van der Waals surface area contributed by atoms with Crippen LogP contribution in [-0.4, -0.2) is 12.8 Å². The highest BCUT2D eigenvalue weighted by atomic mass is 16.7. The van der Waals surface area contributed by atoms with Crippen LogP contribution in [0.4, 0.5) is 4.79 Å². The molecule has 0 aromatic carbocycles. The SMILES string of the molecule is CCCCCCC1CCC(C2CC=C(OC(=O)OCCCC)CC2)CC1. The molecule has 2 rings (SSSR count). The summed E-state index contributed by atoms with van der Waals surface area (Å²) in [7, 11) is 0. The Morgan fingerprint density at radius 1 is 0.962 bits per heavy atom. The van der Waals surface area contributed by atoms with Crippen molar-refractivity contribution in [2.45, 2.75) is 104 Å². The smallest absolute Gasteiger partial charge is 0.434 e. The van der Waals surface area contributed by atoms with Gasteiger partial charge in [0.2, 0.25) is 0 Å². The van der Waals surface area contributed by atoms with E-state index in [4.69, 9.17) is 9.47 Å². The normalized spacial score (nSPS) is 26.2. The first-order valence-electron chi connectivity index (χ1n) is 11.3. The highest BCUT2D eigenvalue weighted by molar-refractivity contribution is 5.61. The molecule has 0 spiro atoms. The standard InChI is InChI=1S/C23H40O3/c1-3-5-7-8-9-19-10-12-20(13-11-19)21-14-16-22(17-15-21)26-23(24)25-18-6-4-2/h16,19-21H,3-15,17-18H2,1-2H3. The number of carbonyl (C=O) groups excluding carboxylic acids is 1. The van der Waals surface area contributed by atoms with Gasteiger partial charge in [-0.1, -0.05) is 65.2 Å². The van der Waals surface area contributed by atoms with E-state index in [2.05, 4.69) is 19.9 Å². The van der Waals surface area contributed by atoms with E-state index in [-0.39, 0.29) is 0 Å². The summed E-state index contributed by atoms with van der Waals surface area (Å²) >= 11 is 0. The second-order valence-electron chi connectivity index (χ2n) is 8.39. The molecule has 1 fully saturated rings. The average molecular weight is 365 g/mol. The molecule has 3 nitrogen and oxygen atoms in total. The van der Waals surface area contributed by atoms with Crippen molar-refractivity contribution in [2.24, 2.45) is 17.8 Å². The van der Waals surface area contributed by atoms with E-state index in [0.717, 1.165) is 49.2 Å². The van der Waals surface area contributed by atoms with Crippen LogP contribution in [0.25, 0.3) is 0 Å². The van der Waals surface area contributed by atoms with Gasteiger partial charge in [0.15, 0.2) is 0 Å². The third-order valence-corrected chi connectivity index (χ3v) is 6.37. The van der Waals surface area contributed by atoms with E-state index in [1.54, 1.807) is 0 Å². The molecule has 0 saturated heterocycles. The molecule has 0 aromatic rings. The van der Waals surface area contributed by atoms with Crippen LogP contribution < -0.4 is 0 Å². The molecule has 0 heterocycles. The van der Waals surface area contributed by atoms with Gasteiger partial charge in [0, 0.05) is 6.42 Å². The third-order valence-electron chi connectivity index (χ3n) is 6.37. The van der Waals surface area contributed by atoms with Gasteiger partial charge in [0.25, 0.3) is 0 Å². The van der Waals surface area contributed by atoms with Crippen LogP contribution in [0.2, 0.25) is 0 Å². The van der Waals surface area contributed by atoms with Crippen molar-refractivity contribution >= 4 is 6.16 Å². The van der Waals surface area contributed by atoms with Crippen molar-refractivity contribution < 1.29 is 14.3 Å². The molecule has 2 aliphatic rings. The zero-order valence-corrected chi connectivity index (χ0v) is 17.1. The van der Waals surface area contributed by atoms with E-state index >= 15 is 0 Å². The van der Waals surface area contributed by atoms with Gasteiger partial charge in [0.05, 0.1) is 6.61 Å². The number of hydrogen-bond donors (Lipinski definition) is 0. The van der Waals surface area contributed by atoms with Crippen molar-refractivity contribution in [1.82, 2.24) is 0 Å². The number of ether oxygens (including phenoxy) is 2. The lowest BCUT2D eigenvalue weighted by Crippen LogP contribution is -2.24. The average Bonchev–Trinajstić information content (AvgIpc) is 2.67. The molecular weight excluding hydrogens is 324 g/mol. The van der Waals surface area contributed by atoms with Crippen LogP contribution in [-0.2, 0) is 9.47 Å². The molecule has 0 aromatic heterocycles. The first-order valence-corrected chi connectivity index (χ1v) is 11.3. The minimum Gasteiger partial charge on any atom is -0.434 e. The van der Waals surface area contributed by atoms with Gasteiger partial charge in [-0.25, -0.2) is 4.79 Å². The summed E-state index contributed by atoms with van der Waals surface area (Å²) in [5, 5.41) is 0. The molecule has 0 radical (unpaired) electrons. The van der Waals surface area contributed by atoms with Gasteiger partial charge in [-0.15, -0.1) is 0 Å². The Bertz CT molecular complexity index is 421. The quantitative estimate of drug-likeness (QED) is 0.299. The van der Waals surface area contributed by atoms with Gasteiger partial charge in [-0.2, -0.15) is 0 Å². The van der Waals surface area contributed by atoms with Crippen LogP contribution >= 0.6 is 0 Å². The van der Waals surface area contributed by atoms with E-state index in [1.165, 1.54) is 64.2 Å². The van der Waals surface area contributed by atoms with Crippen LogP contribution in [0.3, 0.4) is 0 Å². The molecule has 2 aliphatic carbocycles. The molecule has 3 heteroatoms. The highest BCUT2D eigenvalue weighted by Crippen LogP contribution is 2.40. The van der Waals surface area contributed by atoms with E-state index in [0.29, 0.717) is 6.61 Å². The monoisotopic (exact) mass is 364 g/mol. The van der Waals surface area contributed by atoms with Gasteiger partial charge in [-0.05, 0) is 55.9 Å². The van der Waals surface area contributed by atoms with Crippen molar-refractivity contribution in [3.8, 4) is 0 Å². The molecule has 0 N–H and O–H groups in total. The fourth-order valence-corrected chi connectivity index (χ4v) is 4.60. The first-order chi connectivity index (χ1) is 12.7. The number of rotatable bonds is 10. The maximum absolute atomic E-state index is 11.6. The predicted octanol–water partition coefficient (Wildman–Crippen LogP) is 7.40. The van der Waals surface area contributed by atoms with Crippen molar-refractivity contribution in [3.63, 3.8) is 0 Å². The lowest BCUT2D eigenvalue weighted by molar-refractivity contribution is 0.0703. The number of carbonyl (C=O) groups is 1. The van der Waals surface area contributed by atoms with Gasteiger partial charge < -0.3 is 9.47 Å². The summed E-state index contributed by atoms with van der Waals surface area (Å²) in [6, 6.07) is 0. The predicted molar refractivity (Wildman–Crippen MR) is 107 cm³/mol. The summed E-state index contributed by atoms with van der Waals surface area (Å²) in [5.74, 6) is 3.49. The molecule has 0 amide bonds. The number of unbranched alkanes of at least 4 members (excludes halogenated alkanes) is 4. The van der Waals surface area contributed by atoms with Crippen LogP contribution in [0.5, 0.6) is 0 Å². The maximum Gasteiger partial charge on any atom is 0.513 e. The number of allylic oxidation sites excluding steroid dienone is 2. The fraction of sp³-hybridized carbons (Fsp3) is 0.870. The van der Waals surface area contributed by atoms with Gasteiger partial charge in [0.1, 0.15) is 5.76 Å². The minimum atomic E-state index is -0.522. The Morgan fingerprint density at radius 3 is 2.38 bits per heavy atom. The van der Waals surface area contributed by atoms with Crippen LogP contribution in [0.1, 0.15) is 104 Å². The lowest BCUT2D eigenvalue weighted by atomic mass is 9.71. The Hall–Kier alpha value is -0.990. The molecule has 0 bridgehead atoms. The maximum atomic E-state index is 11.6. The zero-order chi connectivity index (χ0) is 18.6. The minimum absolute atomic E-state index is 0.465. The second-order valence-corrected chi connectivity index (χ2v) is 8.39. The molecule has 0 aliphatic heterocycles. The van der Waals surface area contributed by atoms with Crippen molar-refractivity contribution in [3.05, 3.63) is 11.8 Å². The Morgan fingerprint density at radius 2 is 1.73 bits per heavy atom. The largest absolute Gasteiger partial charge is 0.513 e. The Kier molecular flexibility index (Phi) is 10.2. The van der Waals surface area contributed by atoms with Crippen molar-refractivity contribution in [1.29, 1.82) is 0 Å². The molecular formula is C23H40O3. The summed E-state index contributed by atoms with van der Waals surface area (Å²) in [4.78, 5) is 11.6. The zero-order valence-electron chi connectivity index (χ0n) is 17.1. The summed E-state index contributed by atoms with van der Waals surface area (Å²) in [6.45, 7) is 4.83. The molecule has 1 saturated carbocycles. The van der Waals surface area contributed by atoms with Gasteiger partial charge >= 0.3 is 6.16 Å². The molecule has 1 atom stereocenters. The fourth-order valence-electron chi connectivity index (χ4n) is 4.60. The lowest BCUT2D eigenvalue weighted by Gasteiger charge is -2.35. The van der Waals surface area contributed by atoms with E-state index < -0.39 is 6.16 Å². The summed E-state index contributed by atoms with van der Waals surface area (Å²) < 4.78 is 10.4. The van der Waals surface area contributed by atoms with E-state index in [9.17, 15) is 4.79 Å². The Balaban J connectivity index is 1.62. The second kappa shape index (κ2) is 12.4. The van der Waals surface area contributed by atoms with Crippen molar-refractivity contribution in [2.75, 3.05) is 6.61 Å². The molecule has 150 valence electrons.